The van der Waals surface area contributed by atoms with Crippen LogP contribution in [0.5, 0.6) is 0 Å². The fourth-order valence-corrected chi connectivity index (χ4v) is 3.61. The third kappa shape index (κ3) is 3.61. The van der Waals surface area contributed by atoms with Crippen LogP contribution in [-0.2, 0) is 7.05 Å². The SMILES string of the molecule is Cn1ccc2ccc(Nc3cc(NC4CCCCC4N)nnc3C(N)=O)nc21. The van der Waals surface area contributed by atoms with Crippen molar-refractivity contribution in [1.29, 1.82) is 0 Å². The van der Waals surface area contributed by atoms with Gasteiger partial charge in [-0.2, -0.15) is 0 Å². The zero-order valence-electron chi connectivity index (χ0n) is 15.7. The summed E-state index contributed by atoms with van der Waals surface area (Å²) in [6.07, 6.45) is 6.18. The van der Waals surface area contributed by atoms with Gasteiger partial charge in [0.25, 0.3) is 5.91 Å². The maximum absolute atomic E-state index is 11.8. The Morgan fingerprint density at radius 3 is 2.79 bits per heavy atom. The summed E-state index contributed by atoms with van der Waals surface area (Å²) in [6, 6.07) is 7.73. The molecule has 3 heterocycles. The van der Waals surface area contributed by atoms with Crippen LogP contribution in [0.1, 0.15) is 36.2 Å². The van der Waals surface area contributed by atoms with Crippen LogP contribution < -0.4 is 22.1 Å². The number of hydrogen-bond acceptors (Lipinski definition) is 7. The standard InChI is InChI=1S/C19H24N8O/c1-27-9-8-11-6-7-15(24-19(11)27)23-14-10-16(25-26-17(14)18(21)28)22-13-5-3-2-4-12(13)20/h6-10,12-13H,2-5,20H2,1H3,(H2,21,28)(H2,22,23,24,25). The van der Waals surface area contributed by atoms with E-state index in [4.69, 9.17) is 11.5 Å². The highest BCUT2D eigenvalue weighted by Crippen LogP contribution is 2.25. The van der Waals surface area contributed by atoms with E-state index >= 15 is 0 Å². The predicted molar refractivity (Wildman–Crippen MR) is 108 cm³/mol. The maximum Gasteiger partial charge on any atom is 0.271 e. The molecule has 4 rings (SSSR count). The molecule has 1 aliphatic rings. The number of rotatable bonds is 5. The molecule has 9 nitrogen and oxygen atoms in total. The number of hydrogen-bond donors (Lipinski definition) is 4. The summed E-state index contributed by atoms with van der Waals surface area (Å²) in [6.45, 7) is 0. The molecule has 3 aromatic rings. The van der Waals surface area contributed by atoms with Gasteiger partial charge in [0, 0.05) is 36.8 Å². The van der Waals surface area contributed by atoms with Crippen LogP contribution in [0, 0.1) is 0 Å². The second-order valence-corrected chi connectivity index (χ2v) is 7.22. The average Bonchev–Trinajstić information content (AvgIpc) is 3.04. The first kappa shape index (κ1) is 18.2. The Morgan fingerprint density at radius 1 is 1.18 bits per heavy atom. The summed E-state index contributed by atoms with van der Waals surface area (Å²) in [4.78, 5) is 16.4. The number of fused-ring (bicyclic) bond motifs is 1. The fraction of sp³-hybridized carbons (Fsp3) is 0.368. The number of amides is 1. The predicted octanol–water partition coefficient (Wildman–Crippen LogP) is 1.89. The van der Waals surface area contributed by atoms with Gasteiger partial charge in [0.2, 0.25) is 0 Å². The quantitative estimate of drug-likeness (QED) is 0.530. The van der Waals surface area contributed by atoms with Crippen molar-refractivity contribution in [2.45, 2.75) is 37.8 Å². The molecule has 2 atom stereocenters. The van der Waals surface area contributed by atoms with Gasteiger partial charge in [-0.1, -0.05) is 12.8 Å². The minimum atomic E-state index is -0.657. The van der Waals surface area contributed by atoms with Crippen LogP contribution in [0.2, 0.25) is 0 Å². The molecule has 0 spiro atoms. The van der Waals surface area contributed by atoms with Crippen molar-refractivity contribution in [3.63, 3.8) is 0 Å². The summed E-state index contributed by atoms with van der Waals surface area (Å²) in [5.41, 5.74) is 13.0. The first-order valence-corrected chi connectivity index (χ1v) is 9.40. The van der Waals surface area contributed by atoms with Gasteiger partial charge < -0.3 is 26.7 Å². The summed E-state index contributed by atoms with van der Waals surface area (Å²) in [5, 5.41) is 15.6. The monoisotopic (exact) mass is 380 g/mol. The second-order valence-electron chi connectivity index (χ2n) is 7.22. The smallest absolute Gasteiger partial charge is 0.271 e. The third-order valence-corrected chi connectivity index (χ3v) is 5.16. The van der Waals surface area contributed by atoms with Crippen molar-refractivity contribution in [3.05, 3.63) is 36.2 Å². The molecule has 2 unspecified atom stereocenters. The van der Waals surface area contributed by atoms with Crippen LogP contribution in [-0.4, -0.2) is 37.7 Å². The lowest BCUT2D eigenvalue weighted by molar-refractivity contribution is 0.0995. The molecule has 0 radical (unpaired) electrons. The van der Waals surface area contributed by atoms with Gasteiger partial charge in [-0.25, -0.2) is 4.98 Å². The summed E-state index contributed by atoms with van der Waals surface area (Å²) in [7, 11) is 1.93. The van der Waals surface area contributed by atoms with Crippen molar-refractivity contribution in [1.82, 2.24) is 19.7 Å². The van der Waals surface area contributed by atoms with E-state index in [1.54, 1.807) is 6.07 Å². The van der Waals surface area contributed by atoms with E-state index in [0.29, 0.717) is 17.3 Å². The van der Waals surface area contributed by atoms with Gasteiger partial charge in [0.05, 0.1) is 5.69 Å². The molecule has 6 N–H and O–H groups in total. The molecule has 146 valence electrons. The number of aromatic nitrogens is 4. The summed E-state index contributed by atoms with van der Waals surface area (Å²) in [5.74, 6) is 0.482. The molecule has 0 aliphatic heterocycles. The van der Waals surface area contributed by atoms with Crippen molar-refractivity contribution >= 4 is 34.3 Å². The van der Waals surface area contributed by atoms with Crippen molar-refractivity contribution in [2.24, 2.45) is 18.5 Å². The van der Waals surface area contributed by atoms with E-state index in [0.717, 1.165) is 36.7 Å². The van der Waals surface area contributed by atoms with E-state index in [9.17, 15) is 4.79 Å². The Kier molecular flexibility index (Phi) is 4.82. The lowest BCUT2D eigenvalue weighted by atomic mass is 9.91. The molecule has 1 amide bonds. The highest BCUT2D eigenvalue weighted by molar-refractivity contribution is 5.97. The van der Waals surface area contributed by atoms with Gasteiger partial charge >= 0.3 is 0 Å². The van der Waals surface area contributed by atoms with Crippen LogP contribution in [0.4, 0.5) is 17.3 Å². The number of nitrogens with two attached hydrogens (primary N) is 2. The molecule has 1 fully saturated rings. The van der Waals surface area contributed by atoms with Crippen molar-refractivity contribution in [2.75, 3.05) is 10.6 Å². The van der Waals surface area contributed by atoms with E-state index in [1.165, 1.54) is 0 Å². The number of carbonyl (C=O) groups excluding carboxylic acids is 1. The van der Waals surface area contributed by atoms with Crippen LogP contribution >= 0.6 is 0 Å². The maximum atomic E-state index is 11.8. The number of nitrogens with one attached hydrogen (secondary N) is 2. The fourth-order valence-electron chi connectivity index (χ4n) is 3.61. The Morgan fingerprint density at radius 2 is 2.00 bits per heavy atom. The zero-order valence-corrected chi connectivity index (χ0v) is 15.7. The Balaban J connectivity index is 1.63. The summed E-state index contributed by atoms with van der Waals surface area (Å²) < 4.78 is 1.93. The average molecular weight is 380 g/mol. The highest BCUT2D eigenvalue weighted by atomic mass is 16.1. The van der Waals surface area contributed by atoms with Crippen LogP contribution in [0.25, 0.3) is 11.0 Å². The van der Waals surface area contributed by atoms with E-state index in [1.807, 2.05) is 36.0 Å². The number of carbonyl (C=O) groups is 1. The number of anilines is 3. The number of nitrogens with zero attached hydrogens (tertiary/aromatic N) is 4. The minimum Gasteiger partial charge on any atom is -0.364 e. The number of primary amides is 1. The van der Waals surface area contributed by atoms with Gasteiger partial charge in [-0.15, -0.1) is 10.2 Å². The molecular weight excluding hydrogens is 356 g/mol. The Labute approximate surface area is 162 Å². The van der Waals surface area contributed by atoms with Crippen molar-refractivity contribution < 1.29 is 4.79 Å². The molecule has 0 bridgehead atoms. The lowest BCUT2D eigenvalue weighted by Gasteiger charge is -2.29. The van der Waals surface area contributed by atoms with Gasteiger partial charge in [-0.3, -0.25) is 4.79 Å². The van der Waals surface area contributed by atoms with E-state index in [2.05, 4.69) is 25.8 Å². The van der Waals surface area contributed by atoms with E-state index < -0.39 is 5.91 Å². The minimum absolute atomic E-state index is 0.0623. The third-order valence-electron chi connectivity index (χ3n) is 5.16. The molecule has 9 heteroatoms. The normalized spacial score (nSPS) is 19.5. The van der Waals surface area contributed by atoms with Crippen molar-refractivity contribution in [3.8, 4) is 0 Å². The Bertz CT molecular complexity index is 1010. The molecule has 0 saturated heterocycles. The second kappa shape index (κ2) is 7.43. The van der Waals surface area contributed by atoms with Crippen LogP contribution in [0.15, 0.2) is 30.5 Å². The largest absolute Gasteiger partial charge is 0.364 e. The zero-order chi connectivity index (χ0) is 19.7. The first-order valence-electron chi connectivity index (χ1n) is 9.40. The molecule has 1 aliphatic carbocycles. The molecule has 1 saturated carbocycles. The molecule has 3 aromatic heterocycles. The van der Waals surface area contributed by atoms with Gasteiger partial charge in [0.1, 0.15) is 11.5 Å². The van der Waals surface area contributed by atoms with E-state index in [-0.39, 0.29) is 17.8 Å². The van der Waals surface area contributed by atoms with Crippen LogP contribution in [0.3, 0.4) is 0 Å². The number of aryl methyl sites for hydroxylation is 1. The molecule has 0 aromatic carbocycles. The Hall–Kier alpha value is -3.20. The topological polar surface area (TPSA) is 137 Å². The van der Waals surface area contributed by atoms with Gasteiger partial charge in [-0.05, 0) is 31.0 Å². The summed E-state index contributed by atoms with van der Waals surface area (Å²) >= 11 is 0. The molecule has 28 heavy (non-hydrogen) atoms. The lowest BCUT2D eigenvalue weighted by Crippen LogP contribution is -2.42. The number of pyridine rings is 1. The highest BCUT2D eigenvalue weighted by Gasteiger charge is 2.23. The van der Waals surface area contributed by atoms with Gasteiger partial charge in [0.15, 0.2) is 11.5 Å². The first-order chi connectivity index (χ1) is 13.5. The molecular formula is C19H24N8O.